The van der Waals surface area contributed by atoms with E-state index in [1.807, 2.05) is 6.92 Å². The molecule has 1 amide bonds. The van der Waals surface area contributed by atoms with Crippen molar-refractivity contribution in [1.29, 1.82) is 0 Å². The number of amides is 1. The highest BCUT2D eigenvalue weighted by molar-refractivity contribution is 6.33. The van der Waals surface area contributed by atoms with Gasteiger partial charge in [0.05, 0.1) is 11.3 Å². The Bertz CT molecular complexity index is 719. The lowest BCUT2D eigenvalue weighted by molar-refractivity contribution is 0.0982. The first-order valence-electron chi connectivity index (χ1n) is 6.78. The number of carbonyl (C=O) groups is 2. The number of pyridine rings is 1. The fourth-order valence-corrected chi connectivity index (χ4v) is 2.18. The summed E-state index contributed by atoms with van der Waals surface area (Å²) in [5, 5.41) is 2.47. The van der Waals surface area contributed by atoms with Gasteiger partial charge in [0.15, 0.2) is 10.9 Å². The van der Waals surface area contributed by atoms with E-state index in [4.69, 9.17) is 11.6 Å². The van der Waals surface area contributed by atoms with Gasteiger partial charge in [-0.15, -0.1) is 0 Å². The molecule has 22 heavy (non-hydrogen) atoms. The fourth-order valence-electron chi connectivity index (χ4n) is 1.98. The lowest BCUT2D eigenvalue weighted by Gasteiger charge is -2.11. The smallest absolute Gasteiger partial charge is 0.258 e. The first-order valence-corrected chi connectivity index (χ1v) is 7.16. The van der Waals surface area contributed by atoms with Crippen LogP contribution in [0.4, 0.5) is 10.1 Å². The van der Waals surface area contributed by atoms with Gasteiger partial charge in [-0.05, 0) is 24.6 Å². The molecule has 0 aliphatic carbocycles. The van der Waals surface area contributed by atoms with Gasteiger partial charge in [-0.3, -0.25) is 9.59 Å². The summed E-state index contributed by atoms with van der Waals surface area (Å²) in [5.41, 5.74) is 0.249. The van der Waals surface area contributed by atoms with Gasteiger partial charge in [-0.1, -0.05) is 30.7 Å². The molecule has 0 saturated heterocycles. The molecule has 0 saturated carbocycles. The van der Waals surface area contributed by atoms with Gasteiger partial charge in [0.1, 0.15) is 5.82 Å². The normalized spacial score (nSPS) is 10.3. The third-order valence-electron chi connectivity index (χ3n) is 3.04. The molecule has 6 heteroatoms. The molecule has 0 fully saturated rings. The van der Waals surface area contributed by atoms with Crippen LogP contribution in [0.25, 0.3) is 0 Å². The molecule has 1 aromatic carbocycles. The van der Waals surface area contributed by atoms with Crippen molar-refractivity contribution in [2.24, 2.45) is 0 Å². The lowest BCUT2D eigenvalue weighted by atomic mass is 10.1. The van der Waals surface area contributed by atoms with Crippen molar-refractivity contribution in [3.8, 4) is 0 Å². The quantitative estimate of drug-likeness (QED) is 0.666. The van der Waals surface area contributed by atoms with Crippen LogP contribution >= 0.6 is 11.6 Å². The summed E-state index contributed by atoms with van der Waals surface area (Å²) in [6.45, 7) is 1.87. The highest BCUT2D eigenvalue weighted by Gasteiger charge is 2.19. The third-order valence-corrected chi connectivity index (χ3v) is 3.33. The number of hydrogen-bond donors (Lipinski definition) is 1. The molecule has 1 aromatic heterocycles. The molecular weight excluding hydrogens is 307 g/mol. The van der Waals surface area contributed by atoms with E-state index in [-0.39, 0.29) is 27.8 Å². The van der Waals surface area contributed by atoms with Crippen LogP contribution in [0.3, 0.4) is 0 Å². The molecule has 0 radical (unpaired) electrons. The van der Waals surface area contributed by atoms with Crippen LogP contribution < -0.4 is 5.32 Å². The molecule has 1 N–H and O–H groups in total. The molecule has 0 atom stereocenters. The standard InChI is InChI=1S/C16H14ClFN2O2/c1-2-5-13(21)11-8-9-19-15(17)14(11)20-16(22)10-6-3-4-7-12(10)18/h3-4,6-9H,2,5H2,1H3,(H,20,22). The van der Waals surface area contributed by atoms with Crippen molar-refractivity contribution >= 4 is 29.0 Å². The maximum atomic E-state index is 13.6. The first-order chi connectivity index (χ1) is 10.5. The number of Topliss-reactive ketones (excluding diaryl/α,β-unsaturated/α-hetero) is 1. The Morgan fingerprint density at radius 1 is 1.23 bits per heavy atom. The van der Waals surface area contributed by atoms with Crippen molar-refractivity contribution in [2.75, 3.05) is 5.32 Å². The van der Waals surface area contributed by atoms with Gasteiger partial charge in [0.2, 0.25) is 0 Å². The summed E-state index contributed by atoms with van der Waals surface area (Å²) < 4.78 is 13.6. The zero-order valence-electron chi connectivity index (χ0n) is 11.9. The van der Waals surface area contributed by atoms with Crippen molar-refractivity contribution in [3.05, 3.63) is 58.6 Å². The largest absolute Gasteiger partial charge is 0.319 e. The summed E-state index contributed by atoms with van der Waals surface area (Å²) in [4.78, 5) is 28.1. The number of carbonyl (C=O) groups excluding carboxylic acids is 2. The van der Waals surface area contributed by atoms with E-state index in [9.17, 15) is 14.0 Å². The number of hydrogen-bond acceptors (Lipinski definition) is 3. The average Bonchev–Trinajstić information content (AvgIpc) is 2.49. The maximum Gasteiger partial charge on any atom is 0.258 e. The molecule has 2 rings (SSSR count). The first kappa shape index (κ1) is 16.1. The summed E-state index contributed by atoms with van der Waals surface area (Å²) in [7, 11) is 0. The van der Waals surface area contributed by atoms with E-state index in [1.165, 1.54) is 30.5 Å². The minimum Gasteiger partial charge on any atom is -0.319 e. The average molecular weight is 321 g/mol. The minimum absolute atomic E-state index is 0.00774. The molecule has 4 nitrogen and oxygen atoms in total. The SMILES string of the molecule is CCCC(=O)c1ccnc(Cl)c1NC(=O)c1ccccc1F. The number of ketones is 1. The van der Waals surface area contributed by atoms with Crippen LogP contribution in [0.2, 0.25) is 5.15 Å². The maximum absolute atomic E-state index is 13.6. The van der Waals surface area contributed by atoms with E-state index >= 15 is 0 Å². The highest BCUT2D eigenvalue weighted by atomic mass is 35.5. The van der Waals surface area contributed by atoms with Gasteiger partial charge < -0.3 is 5.32 Å². The van der Waals surface area contributed by atoms with Crippen LogP contribution in [0.5, 0.6) is 0 Å². The Kier molecular flexibility index (Phi) is 5.22. The Balaban J connectivity index is 2.35. The molecule has 0 aliphatic heterocycles. The number of benzene rings is 1. The van der Waals surface area contributed by atoms with Gasteiger partial charge in [0.25, 0.3) is 5.91 Å². The summed E-state index contributed by atoms with van der Waals surface area (Å²) in [6.07, 6.45) is 2.38. The zero-order chi connectivity index (χ0) is 16.1. The van der Waals surface area contributed by atoms with Gasteiger partial charge in [-0.25, -0.2) is 9.37 Å². The van der Waals surface area contributed by atoms with Gasteiger partial charge in [0, 0.05) is 18.2 Å². The van der Waals surface area contributed by atoms with Crippen LogP contribution in [0.15, 0.2) is 36.5 Å². The molecule has 0 spiro atoms. The number of nitrogens with zero attached hydrogens (tertiary/aromatic N) is 1. The predicted molar refractivity (Wildman–Crippen MR) is 82.8 cm³/mol. The van der Waals surface area contributed by atoms with Gasteiger partial charge >= 0.3 is 0 Å². The summed E-state index contributed by atoms with van der Waals surface area (Å²) in [6, 6.07) is 7.05. The molecular formula is C16H14ClFN2O2. The number of aromatic nitrogens is 1. The number of anilines is 1. The van der Waals surface area contributed by atoms with E-state index in [2.05, 4.69) is 10.3 Å². The van der Waals surface area contributed by atoms with Crippen molar-refractivity contribution in [3.63, 3.8) is 0 Å². The molecule has 0 unspecified atom stereocenters. The van der Waals surface area contributed by atoms with Gasteiger partial charge in [-0.2, -0.15) is 0 Å². The summed E-state index contributed by atoms with van der Waals surface area (Å²) in [5.74, 6) is -1.49. The minimum atomic E-state index is -0.682. The van der Waals surface area contributed by atoms with Crippen molar-refractivity contribution in [2.45, 2.75) is 19.8 Å². The zero-order valence-corrected chi connectivity index (χ0v) is 12.7. The molecule has 0 bridgehead atoms. The topological polar surface area (TPSA) is 59.1 Å². The summed E-state index contributed by atoms with van der Waals surface area (Å²) >= 11 is 5.97. The van der Waals surface area contributed by atoms with Crippen LogP contribution in [0.1, 0.15) is 40.5 Å². The molecule has 2 aromatic rings. The Morgan fingerprint density at radius 2 is 1.95 bits per heavy atom. The van der Waals surface area contributed by atoms with E-state index in [1.54, 1.807) is 6.07 Å². The van der Waals surface area contributed by atoms with Crippen molar-refractivity contribution < 1.29 is 14.0 Å². The fraction of sp³-hybridized carbons (Fsp3) is 0.188. The Hall–Kier alpha value is -2.27. The van der Waals surface area contributed by atoms with E-state index in [0.717, 1.165) is 0 Å². The second-order valence-electron chi connectivity index (χ2n) is 4.63. The van der Waals surface area contributed by atoms with Crippen molar-refractivity contribution in [1.82, 2.24) is 4.98 Å². The lowest BCUT2D eigenvalue weighted by Crippen LogP contribution is -2.17. The number of halogens is 2. The van der Waals surface area contributed by atoms with Crippen LogP contribution in [-0.4, -0.2) is 16.7 Å². The predicted octanol–water partition coefficient (Wildman–Crippen LogP) is 4.11. The molecule has 114 valence electrons. The van der Waals surface area contributed by atoms with Crippen LogP contribution in [0, 0.1) is 5.82 Å². The molecule has 0 aliphatic rings. The second-order valence-corrected chi connectivity index (χ2v) is 4.99. The second kappa shape index (κ2) is 7.13. The number of nitrogens with one attached hydrogen (secondary N) is 1. The Labute approximate surface area is 132 Å². The third kappa shape index (κ3) is 3.49. The van der Waals surface area contributed by atoms with Crippen LogP contribution in [-0.2, 0) is 0 Å². The number of rotatable bonds is 5. The highest BCUT2D eigenvalue weighted by Crippen LogP contribution is 2.26. The monoisotopic (exact) mass is 320 g/mol. The Morgan fingerprint density at radius 3 is 2.64 bits per heavy atom. The van der Waals surface area contributed by atoms with E-state index in [0.29, 0.717) is 12.8 Å². The van der Waals surface area contributed by atoms with E-state index < -0.39 is 11.7 Å². The molecule has 1 heterocycles.